The second-order valence-corrected chi connectivity index (χ2v) is 8.63. The first-order valence-corrected chi connectivity index (χ1v) is 10.0. The van der Waals surface area contributed by atoms with Gasteiger partial charge < -0.3 is 5.11 Å². The SMILES string of the molecule is CCCc1nc(C)c(CNS(=O)(=O)N2CCC(C(=O)O)CC2)s1. The van der Waals surface area contributed by atoms with Gasteiger partial charge in [-0.2, -0.15) is 17.4 Å². The molecule has 7 nitrogen and oxygen atoms in total. The molecule has 1 aromatic heterocycles. The van der Waals surface area contributed by atoms with E-state index in [0.717, 1.165) is 28.4 Å². The molecule has 1 aromatic rings. The fourth-order valence-corrected chi connectivity index (χ4v) is 4.97. The summed E-state index contributed by atoms with van der Waals surface area (Å²) in [6.45, 7) is 4.69. The van der Waals surface area contributed by atoms with E-state index in [1.54, 1.807) is 11.3 Å². The Balaban J connectivity index is 1.93. The number of piperidine rings is 1. The Labute approximate surface area is 140 Å². The lowest BCUT2D eigenvalue weighted by Crippen LogP contribution is -2.45. The van der Waals surface area contributed by atoms with Crippen LogP contribution in [0.15, 0.2) is 0 Å². The number of aliphatic carboxylic acids is 1. The molecular formula is C14H23N3O4S2. The number of aryl methyl sites for hydroxylation is 2. The molecule has 0 unspecified atom stereocenters. The maximum Gasteiger partial charge on any atom is 0.306 e. The second-order valence-electron chi connectivity index (χ2n) is 5.70. The Kier molecular flexibility index (Phi) is 6.12. The third kappa shape index (κ3) is 4.72. The molecule has 2 N–H and O–H groups in total. The highest BCUT2D eigenvalue weighted by Crippen LogP contribution is 2.21. The molecule has 2 heterocycles. The van der Waals surface area contributed by atoms with Crippen molar-refractivity contribution in [1.82, 2.24) is 14.0 Å². The minimum absolute atomic E-state index is 0.231. The van der Waals surface area contributed by atoms with Gasteiger partial charge in [0.15, 0.2) is 0 Å². The highest BCUT2D eigenvalue weighted by Gasteiger charge is 2.30. The van der Waals surface area contributed by atoms with Crippen molar-refractivity contribution in [2.24, 2.45) is 5.92 Å². The molecule has 1 aliphatic heterocycles. The zero-order valence-corrected chi connectivity index (χ0v) is 15.0. The summed E-state index contributed by atoms with van der Waals surface area (Å²) in [7, 11) is -3.58. The van der Waals surface area contributed by atoms with Crippen molar-refractivity contribution < 1.29 is 18.3 Å². The number of hydrogen-bond donors (Lipinski definition) is 2. The van der Waals surface area contributed by atoms with Crippen molar-refractivity contribution in [3.63, 3.8) is 0 Å². The van der Waals surface area contributed by atoms with Gasteiger partial charge in [-0.1, -0.05) is 6.92 Å². The minimum Gasteiger partial charge on any atom is -0.481 e. The quantitative estimate of drug-likeness (QED) is 0.767. The summed E-state index contributed by atoms with van der Waals surface area (Å²) in [6.07, 6.45) is 2.63. The van der Waals surface area contributed by atoms with Gasteiger partial charge in [-0.3, -0.25) is 4.79 Å². The van der Waals surface area contributed by atoms with Crippen LogP contribution in [0.1, 0.15) is 41.8 Å². The van der Waals surface area contributed by atoms with Gasteiger partial charge in [0.25, 0.3) is 10.2 Å². The molecular weight excluding hydrogens is 338 g/mol. The molecule has 0 amide bonds. The summed E-state index contributed by atoms with van der Waals surface area (Å²) >= 11 is 1.54. The van der Waals surface area contributed by atoms with E-state index in [4.69, 9.17) is 5.11 Å². The van der Waals surface area contributed by atoms with Crippen molar-refractivity contribution in [2.45, 2.75) is 46.1 Å². The molecule has 0 aliphatic carbocycles. The molecule has 23 heavy (non-hydrogen) atoms. The van der Waals surface area contributed by atoms with E-state index >= 15 is 0 Å². The Morgan fingerprint density at radius 3 is 2.65 bits per heavy atom. The lowest BCUT2D eigenvalue weighted by atomic mass is 9.99. The van der Waals surface area contributed by atoms with E-state index in [0.29, 0.717) is 12.8 Å². The van der Waals surface area contributed by atoms with E-state index in [9.17, 15) is 13.2 Å². The minimum atomic E-state index is -3.58. The third-order valence-corrected chi connectivity index (χ3v) is 6.73. The highest BCUT2D eigenvalue weighted by atomic mass is 32.2. The summed E-state index contributed by atoms with van der Waals surface area (Å²) in [5, 5.41) is 10.00. The molecule has 0 radical (unpaired) electrons. The molecule has 1 saturated heterocycles. The standard InChI is InChI=1S/C14H23N3O4S2/c1-3-4-13-16-10(2)12(22-13)9-15-23(20,21)17-7-5-11(6-8-17)14(18)19/h11,15H,3-9H2,1-2H3,(H,18,19). The summed E-state index contributed by atoms with van der Waals surface area (Å²) < 4.78 is 28.6. The first-order valence-electron chi connectivity index (χ1n) is 7.76. The molecule has 9 heteroatoms. The molecule has 1 aliphatic rings. The number of rotatable bonds is 7. The van der Waals surface area contributed by atoms with Crippen LogP contribution in [0.4, 0.5) is 0 Å². The van der Waals surface area contributed by atoms with Gasteiger partial charge >= 0.3 is 5.97 Å². The maximum absolute atomic E-state index is 12.3. The van der Waals surface area contributed by atoms with Gasteiger partial charge in [0.2, 0.25) is 0 Å². The molecule has 0 saturated carbocycles. The zero-order chi connectivity index (χ0) is 17.0. The first kappa shape index (κ1) is 18.3. The van der Waals surface area contributed by atoms with Crippen LogP contribution in [0.3, 0.4) is 0 Å². The van der Waals surface area contributed by atoms with Crippen molar-refractivity contribution in [3.05, 3.63) is 15.6 Å². The summed E-state index contributed by atoms with van der Waals surface area (Å²) in [5.41, 5.74) is 0.866. The number of carbonyl (C=O) groups is 1. The van der Waals surface area contributed by atoms with Crippen LogP contribution in [0, 0.1) is 12.8 Å². The number of nitrogens with one attached hydrogen (secondary N) is 1. The second kappa shape index (κ2) is 7.69. The summed E-state index contributed by atoms with van der Waals surface area (Å²) in [4.78, 5) is 16.3. The van der Waals surface area contributed by atoms with Crippen molar-refractivity contribution in [2.75, 3.05) is 13.1 Å². The number of thiazole rings is 1. The fourth-order valence-electron chi connectivity index (χ4n) is 2.56. The van der Waals surface area contributed by atoms with Crippen LogP contribution < -0.4 is 4.72 Å². The Morgan fingerprint density at radius 2 is 2.09 bits per heavy atom. The molecule has 1 fully saturated rings. The number of nitrogens with zero attached hydrogens (tertiary/aromatic N) is 2. The van der Waals surface area contributed by atoms with Crippen molar-refractivity contribution in [3.8, 4) is 0 Å². The van der Waals surface area contributed by atoms with Crippen LogP contribution in [-0.4, -0.2) is 41.9 Å². The molecule has 0 spiro atoms. The average molecular weight is 361 g/mol. The van der Waals surface area contributed by atoms with Crippen LogP contribution in [0.25, 0.3) is 0 Å². The van der Waals surface area contributed by atoms with E-state index < -0.39 is 22.1 Å². The van der Waals surface area contributed by atoms with Crippen LogP contribution in [0.2, 0.25) is 0 Å². The Morgan fingerprint density at radius 1 is 1.43 bits per heavy atom. The lowest BCUT2D eigenvalue weighted by molar-refractivity contribution is -0.142. The van der Waals surface area contributed by atoms with Gasteiger partial charge in [0.05, 0.1) is 16.6 Å². The highest BCUT2D eigenvalue weighted by molar-refractivity contribution is 7.87. The molecule has 0 bridgehead atoms. The first-order chi connectivity index (χ1) is 10.8. The van der Waals surface area contributed by atoms with Crippen molar-refractivity contribution >= 4 is 27.5 Å². The number of carboxylic acids is 1. The molecule has 0 atom stereocenters. The van der Waals surface area contributed by atoms with Crippen LogP contribution in [0.5, 0.6) is 0 Å². The normalized spacial score (nSPS) is 17.5. The van der Waals surface area contributed by atoms with E-state index in [1.165, 1.54) is 4.31 Å². The molecule has 2 rings (SSSR count). The van der Waals surface area contributed by atoms with Gasteiger partial charge in [0.1, 0.15) is 0 Å². The van der Waals surface area contributed by atoms with Gasteiger partial charge in [-0.15, -0.1) is 11.3 Å². The smallest absolute Gasteiger partial charge is 0.306 e. The Bertz CT molecular complexity index is 649. The lowest BCUT2D eigenvalue weighted by Gasteiger charge is -2.29. The van der Waals surface area contributed by atoms with Crippen LogP contribution in [-0.2, 0) is 28.0 Å². The monoisotopic (exact) mass is 361 g/mol. The predicted molar refractivity (Wildman–Crippen MR) is 88.5 cm³/mol. The Hall–Kier alpha value is -1.03. The van der Waals surface area contributed by atoms with Gasteiger partial charge in [0, 0.05) is 24.5 Å². The largest absolute Gasteiger partial charge is 0.481 e. The predicted octanol–water partition coefficient (Wildman–Crippen LogP) is 1.54. The average Bonchev–Trinajstić information content (AvgIpc) is 2.86. The summed E-state index contributed by atoms with van der Waals surface area (Å²) in [6, 6.07) is 0. The molecule has 130 valence electrons. The third-order valence-electron chi connectivity index (χ3n) is 3.96. The van der Waals surface area contributed by atoms with E-state index in [2.05, 4.69) is 16.6 Å². The topological polar surface area (TPSA) is 99.6 Å². The van der Waals surface area contributed by atoms with E-state index in [1.807, 2.05) is 6.92 Å². The van der Waals surface area contributed by atoms with Crippen LogP contribution >= 0.6 is 11.3 Å². The zero-order valence-electron chi connectivity index (χ0n) is 13.4. The maximum atomic E-state index is 12.3. The van der Waals surface area contributed by atoms with Gasteiger partial charge in [-0.05, 0) is 32.6 Å². The number of hydrogen-bond acceptors (Lipinski definition) is 5. The fraction of sp³-hybridized carbons (Fsp3) is 0.714. The number of aromatic nitrogens is 1. The van der Waals surface area contributed by atoms with Gasteiger partial charge in [-0.25, -0.2) is 4.98 Å². The van der Waals surface area contributed by atoms with Crippen molar-refractivity contribution in [1.29, 1.82) is 0 Å². The summed E-state index contributed by atoms with van der Waals surface area (Å²) in [5.74, 6) is -1.29. The van der Waals surface area contributed by atoms with E-state index in [-0.39, 0.29) is 19.6 Å². The number of carboxylic acid groups (broad SMARTS) is 1. The molecule has 0 aromatic carbocycles.